The SMILES string of the molecule is CCc1c(-c2c(C)cccc2C)c(C)nn1-c1[c-]c(Oc2[c-]c3c(cc2)c2ccccc2n3-c2cc(OC)ccn2)cc(C)c1.[Pd+2]. The van der Waals surface area contributed by atoms with E-state index in [1.54, 1.807) is 13.3 Å². The van der Waals surface area contributed by atoms with Crippen LogP contribution in [0.2, 0.25) is 0 Å². The summed E-state index contributed by atoms with van der Waals surface area (Å²) >= 11 is 0. The van der Waals surface area contributed by atoms with Crippen molar-refractivity contribution < 1.29 is 29.9 Å². The molecule has 0 radical (unpaired) electrons. The van der Waals surface area contributed by atoms with E-state index in [4.69, 9.17) is 14.6 Å². The van der Waals surface area contributed by atoms with Gasteiger partial charge in [0.25, 0.3) is 0 Å². The van der Waals surface area contributed by atoms with Gasteiger partial charge in [-0.3, -0.25) is 4.68 Å². The molecule has 46 heavy (non-hydrogen) atoms. The first-order chi connectivity index (χ1) is 21.9. The molecule has 0 atom stereocenters. The van der Waals surface area contributed by atoms with Crippen molar-refractivity contribution in [3.05, 3.63) is 125 Å². The quantitative estimate of drug-likeness (QED) is 0.123. The van der Waals surface area contributed by atoms with Crippen molar-refractivity contribution in [2.24, 2.45) is 0 Å². The number of ether oxygens (including phenoxy) is 2. The molecule has 0 saturated carbocycles. The normalized spacial score (nSPS) is 11.2. The number of aryl methyl sites for hydroxylation is 4. The van der Waals surface area contributed by atoms with Gasteiger partial charge in [0.15, 0.2) is 0 Å². The minimum Gasteiger partial charge on any atom is -0.509 e. The number of hydrogen-bond donors (Lipinski definition) is 0. The van der Waals surface area contributed by atoms with E-state index >= 15 is 0 Å². The van der Waals surface area contributed by atoms with E-state index in [1.165, 1.54) is 22.3 Å². The van der Waals surface area contributed by atoms with Crippen molar-refractivity contribution in [1.29, 1.82) is 0 Å². The molecule has 6 nitrogen and oxygen atoms in total. The van der Waals surface area contributed by atoms with Gasteiger partial charge in [-0.1, -0.05) is 55.8 Å². The Labute approximate surface area is 283 Å². The predicted molar refractivity (Wildman–Crippen MR) is 180 cm³/mol. The van der Waals surface area contributed by atoms with Crippen molar-refractivity contribution in [3.63, 3.8) is 0 Å². The monoisotopic (exact) mass is 696 g/mol. The fourth-order valence-corrected chi connectivity index (χ4v) is 6.41. The molecule has 7 heteroatoms. The van der Waals surface area contributed by atoms with Crippen molar-refractivity contribution in [3.8, 4) is 39.9 Å². The zero-order valence-electron chi connectivity index (χ0n) is 26.7. The van der Waals surface area contributed by atoms with Crippen LogP contribution in [0.3, 0.4) is 0 Å². The summed E-state index contributed by atoms with van der Waals surface area (Å²) in [5, 5.41) is 7.21. The van der Waals surface area contributed by atoms with E-state index in [9.17, 15) is 0 Å². The molecule has 0 aliphatic carbocycles. The number of hydrogen-bond acceptors (Lipinski definition) is 4. The Bertz CT molecular complexity index is 2210. The van der Waals surface area contributed by atoms with Gasteiger partial charge in [-0.05, 0) is 67.1 Å². The molecule has 3 heterocycles. The molecular weight excluding hydrogens is 663 g/mol. The van der Waals surface area contributed by atoms with Gasteiger partial charge in [-0.2, -0.15) is 16.7 Å². The Morgan fingerprint density at radius 1 is 0.783 bits per heavy atom. The molecule has 7 rings (SSSR count). The maximum absolute atomic E-state index is 6.48. The average Bonchev–Trinajstić information content (AvgIpc) is 3.54. The summed E-state index contributed by atoms with van der Waals surface area (Å²) in [6.07, 6.45) is 2.58. The molecule has 0 fully saturated rings. The van der Waals surface area contributed by atoms with E-state index in [0.29, 0.717) is 11.5 Å². The fraction of sp³-hybridized carbons (Fsp3) is 0.179. The molecule has 0 spiro atoms. The Morgan fingerprint density at radius 3 is 2.33 bits per heavy atom. The third-order valence-corrected chi connectivity index (χ3v) is 8.38. The van der Waals surface area contributed by atoms with Gasteiger partial charge in [0.2, 0.25) is 0 Å². The second-order valence-corrected chi connectivity index (χ2v) is 11.4. The van der Waals surface area contributed by atoms with Crippen LogP contribution in [0.4, 0.5) is 0 Å². The molecule has 0 saturated heterocycles. The second-order valence-electron chi connectivity index (χ2n) is 11.4. The van der Waals surface area contributed by atoms with Crippen molar-refractivity contribution in [2.75, 3.05) is 7.11 Å². The number of pyridine rings is 1. The molecular formula is C39H34N4O2Pd. The van der Waals surface area contributed by atoms with Gasteiger partial charge in [-0.15, -0.1) is 35.7 Å². The summed E-state index contributed by atoms with van der Waals surface area (Å²) in [5.41, 5.74) is 10.9. The molecule has 232 valence electrons. The first kappa shape index (κ1) is 31.3. The predicted octanol–water partition coefficient (Wildman–Crippen LogP) is 9.23. The van der Waals surface area contributed by atoms with E-state index in [1.807, 2.05) is 41.1 Å². The zero-order chi connectivity index (χ0) is 31.2. The standard InChI is InChI=1S/C39H34N4O2.Pd/c1-7-34-39(38-25(3)11-10-12-26(38)4)27(5)41-43(34)28-19-24(2)20-31(21-28)45-30-15-16-33-32-13-8-9-14-35(32)42(36(33)22-30)37-23-29(44-6)17-18-40-37;/h8-20,23H,7H2,1-6H3;/q-2;+2. The molecule has 0 aliphatic heterocycles. The molecule has 0 amide bonds. The van der Waals surface area contributed by atoms with Gasteiger partial charge in [0.1, 0.15) is 11.6 Å². The zero-order valence-corrected chi connectivity index (χ0v) is 28.3. The first-order valence-corrected chi connectivity index (χ1v) is 15.2. The van der Waals surface area contributed by atoms with Gasteiger partial charge in [-0.25, -0.2) is 4.98 Å². The maximum atomic E-state index is 6.48. The summed E-state index contributed by atoms with van der Waals surface area (Å²) in [6, 6.07) is 33.7. The van der Waals surface area contributed by atoms with Crippen LogP contribution in [0.1, 0.15) is 35.0 Å². The summed E-state index contributed by atoms with van der Waals surface area (Å²) in [5.74, 6) is 2.68. The smallest absolute Gasteiger partial charge is 0.509 e. The fourth-order valence-electron chi connectivity index (χ4n) is 6.41. The maximum Gasteiger partial charge on any atom is 2.00 e. The van der Waals surface area contributed by atoms with Crippen molar-refractivity contribution in [2.45, 2.75) is 41.0 Å². The Morgan fingerprint density at radius 2 is 1.57 bits per heavy atom. The molecule has 7 aromatic rings. The molecule has 0 unspecified atom stereocenters. The Balaban J connectivity index is 0.00000372. The summed E-state index contributed by atoms with van der Waals surface area (Å²) in [7, 11) is 1.66. The first-order valence-electron chi connectivity index (χ1n) is 15.2. The van der Waals surface area contributed by atoms with Crippen LogP contribution in [0, 0.1) is 39.8 Å². The summed E-state index contributed by atoms with van der Waals surface area (Å²) in [6.45, 7) is 10.7. The number of rotatable bonds is 7. The minimum atomic E-state index is 0. The number of nitrogens with zero attached hydrogens (tertiary/aromatic N) is 4. The number of fused-ring (bicyclic) bond motifs is 3. The molecule has 0 bridgehead atoms. The van der Waals surface area contributed by atoms with Crippen molar-refractivity contribution >= 4 is 21.8 Å². The van der Waals surface area contributed by atoms with Crippen LogP contribution in [0.15, 0.2) is 85.1 Å². The van der Waals surface area contributed by atoms with Gasteiger partial charge in [0, 0.05) is 40.5 Å². The number of aromatic nitrogens is 4. The van der Waals surface area contributed by atoms with Gasteiger partial charge < -0.3 is 14.0 Å². The summed E-state index contributed by atoms with van der Waals surface area (Å²) in [4.78, 5) is 4.66. The minimum absolute atomic E-state index is 0. The number of methoxy groups -OCH3 is 1. The third-order valence-electron chi connectivity index (χ3n) is 8.38. The topological polar surface area (TPSA) is 54.1 Å². The third kappa shape index (κ3) is 5.40. The van der Waals surface area contributed by atoms with Crippen LogP contribution in [0.5, 0.6) is 17.2 Å². The second kappa shape index (κ2) is 12.6. The van der Waals surface area contributed by atoms with Crippen LogP contribution < -0.4 is 9.47 Å². The van der Waals surface area contributed by atoms with Gasteiger partial charge >= 0.3 is 20.4 Å². The van der Waals surface area contributed by atoms with E-state index in [2.05, 4.69) is 98.8 Å². The van der Waals surface area contributed by atoms with E-state index in [0.717, 1.165) is 62.4 Å². The molecule has 0 N–H and O–H groups in total. The van der Waals surface area contributed by atoms with Crippen LogP contribution >= 0.6 is 0 Å². The van der Waals surface area contributed by atoms with E-state index in [-0.39, 0.29) is 20.4 Å². The van der Waals surface area contributed by atoms with E-state index < -0.39 is 0 Å². The molecule has 0 aliphatic rings. The van der Waals surface area contributed by atoms with Crippen LogP contribution in [-0.4, -0.2) is 26.4 Å². The number of benzene rings is 4. The summed E-state index contributed by atoms with van der Waals surface area (Å²) < 4.78 is 16.1. The van der Waals surface area contributed by atoms with Crippen LogP contribution in [-0.2, 0) is 26.8 Å². The largest absolute Gasteiger partial charge is 2.00 e. The van der Waals surface area contributed by atoms with Crippen LogP contribution in [0.25, 0.3) is 44.4 Å². The Hall–Kier alpha value is -4.70. The Kier molecular flexibility index (Phi) is 8.57. The van der Waals surface area contributed by atoms with Gasteiger partial charge in [0.05, 0.1) is 12.8 Å². The molecule has 3 aromatic heterocycles. The number of para-hydroxylation sites is 1. The molecule has 4 aromatic carbocycles. The average molecular weight is 697 g/mol. The van der Waals surface area contributed by atoms with Crippen molar-refractivity contribution in [1.82, 2.24) is 19.3 Å².